The Hall–Kier alpha value is -1.11. The Bertz CT molecular complexity index is 363. The van der Waals surface area contributed by atoms with Crippen molar-refractivity contribution in [1.82, 2.24) is 10.6 Å². The molecule has 1 fully saturated rings. The number of aliphatic hydroxyl groups is 1. The van der Waals surface area contributed by atoms with Gasteiger partial charge in [0.05, 0.1) is 32.1 Å². The molecule has 0 spiro atoms. The highest BCUT2D eigenvalue weighted by atomic mass is 32.1. The molecular formula is C12H18N2O3S. The second-order valence-electron chi connectivity index (χ2n) is 4.32. The van der Waals surface area contributed by atoms with Crippen LogP contribution in [0.4, 0.5) is 0 Å². The van der Waals surface area contributed by atoms with Gasteiger partial charge in [-0.2, -0.15) is 0 Å². The van der Waals surface area contributed by atoms with Gasteiger partial charge in [-0.05, 0) is 30.8 Å². The third-order valence-electron chi connectivity index (χ3n) is 3.05. The van der Waals surface area contributed by atoms with Gasteiger partial charge in [-0.1, -0.05) is 0 Å². The van der Waals surface area contributed by atoms with Crippen molar-refractivity contribution in [3.63, 3.8) is 0 Å². The number of hydrogen-bond donors (Lipinski definition) is 3. The summed E-state index contributed by atoms with van der Waals surface area (Å²) in [7, 11) is 0. The molecule has 0 aromatic carbocycles. The minimum Gasteiger partial charge on any atom is -0.467 e. The highest BCUT2D eigenvalue weighted by molar-refractivity contribution is 7.80. The highest BCUT2D eigenvalue weighted by Gasteiger charge is 2.25. The fraction of sp³-hybridized carbons (Fsp3) is 0.583. The van der Waals surface area contributed by atoms with E-state index in [4.69, 9.17) is 21.4 Å². The van der Waals surface area contributed by atoms with Gasteiger partial charge >= 0.3 is 0 Å². The van der Waals surface area contributed by atoms with E-state index in [2.05, 4.69) is 10.6 Å². The molecule has 0 saturated carbocycles. The quantitative estimate of drug-likeness (QED) is 0.682. The molecule has 0 bridgehead atoms. The van der Waals surface area contributed by atoms with Crippen LogP contribution in [0.2, 0.25) is 0 Å². The Morgan fingerprint density at radius 3 is 3.11 bits per heavy atom. The third kappa shape index (κ3) is 3.69. The number of furan rings is 1. The molecule has 1 aromatic heterocycles. The summed E-state index contributed by atoms with van der Waals surface area (Å²) in [5, 5.41) is 16.1. The highest BCUT2D eigenvalue weighted by Crippen LogP contribution is 2.16. The van der Waals surface area contributed by atoms with Crippen LogP contribution in [-0.4, -0.2) is 36.1 Å². The molecule has 6 heteroatoms. The Balaban J connectivity index is 1.74. The van der Waals surface area contributed by atoms with E-state index in [9.17, 15) is 5.11 Å². The first-order valence-corrected chi connectivity index (χ1v) is 6.45. The molecule has 100 valence electrons. The van der Waals surface area contributed by atoms with Crippen LogP contribution >= 0.6 is 12.2 Å². The third-order valence-corrected chi connectivity index (χ3v) is 3.31. The summed E-state index contributed by atoms with van der Waals surface area (Å²) in [5.74, 6) is 1.14. The number of nitrogens with one attached hydrogen (secondary N) is 2. The largest absolute Gasteiger partial charge is 0.467 e. The average Bonchev–Trinajstić information content (AvgIpc) is 3.05. The van der Waals surface area contributed by atoms with Crippen molar-refractivity contribution >= 4 is 17.3 Å². The van der Waals surface area contributed by atoms with Crippen LogP contribution in [0.1, 0.15) is 12.2 Å². The van der Waals surface area contributed by atoms with Crippen molar-refractivity contribution in [2.24, 2.45) is 5.92 Å². The lowest BCUT2D eigenvalue weighted by Crippen LogP contribution is -2.47. The molecule has 2 unspecified atom stereocenters. The second kappa shape index (κ2) is 6.72. The summed E-state index contributed by atoms with van der Waals surface area (Å²) in [6.07, 6.45) is 2.58. The molecule has 2 rings (SSSR count). The topological polar surface area (TPSA) is 66.7 Å². The van der Waals surface area contributed by atoms with Gasteiger partial charge in [0.2, 0.25) is 0 Å². The average molecular weight is 270 g/mol. The first-order valence-electron chi connectivity index (χ1n) is 6.05. The minimum absolute atomic E-state index is 0.0518. The first kappa shape index (κ1) is 13.3. The van der Waals surface area contributed by atoms with Gasteiger partial charge in [0, 0.05) is 12.5 Å². The van der Waals surface area contributed by atoms with Crippen molar-refractivity contribution < 1.29 is 14.3 Å². The molecule has 18 heavy (non-hydrogen) atoms. The molecule has 5 nitrogen and oxygen atoms in total. The molecule has 3 N–H and O–H groups in total. The standard InChI is InChI=1S/C12H18N2O3S/c15-7-11(9-3-5-16-8-9)14-12(18)13-6-10-2-1-4-17-10/h1-2,4,9,11,15H,3,5-8H2,(H2,13,14,18). The van der Waals surface area contributed by atoms with E-state index in [1.54, 1.807) is 6.26 Å². The van der Waals surface area contributed by atoms with Crippen molar-refractivity contribution in [1.29, 1.82) is 0 Å². The van der Waals surface area contributed by atoms with E-state index in [0.29, 0.717) is 24.2 Å². The lowest BCUT2D eigenvalue weighted by Gasteiger charge is -2.23. The lowest BCUT2D eigenvalue weighted by atomic mass is 10.00. The van der Waals surface area contributed by atoms with E-state index in [1.165, 1.54) is 0 Å². The molecule has 0 radical (unpaired) electrons. The monoisotopic (exact) mass is 270 g/mol. The van der Waals surface area contributed by atoms with Crippen LogP contribution in [-0.2, 0) is 11.3 Å². The molecule has 2 heterocycles. The molecule has 2 atom stereocenters. The van der Waals surface area contributed by atoms with Crippen molar-refractivity contribution in [2.75, 3.05) is 19.8 Å². The van der Waals surface area contributed by atoms with Gasteiger partial charge in [-0.3, -0.25) is 0 Å². The van der Waals surface area contributed by atoms with Crippen LogP contribution in [0.5, 0.6) is 0 Å². The maximum absolute atomic E-state index is 9.36. The van der Waals surface area contributed by atoms with E-state index in [0.717, 1.165) is 18.8 Å². The number of hydrogen-bond acceptors (Lipinski definition) is 4. The zero-order chi connectivity index (χ0) is 12.8. The van der Waals surface area contributed by atoms with Gasteiger partial charge < -0.3 is 24.9 Å². The number of aliphatic hydroxyl groups excluding tert-OH is 1. The lowest BCUT2D eigenvalue weighted by molar-refractivity contribution is 0.160. The fourth-order valence-corrected chi connectivity index (χ4v) is 2.21. The predicted octanol–water partition coefficient (Wildman–Crippen LogP) is 0.641. The maximum Gasteiger partial charge on any atom is 0.166 e. The normalized spacial score (nSPS) is 20.6. The van der Waals surface area contributed by atoms with E-state index < -0.39 is 0 Å². The summed E-state index contributed by atoms with van der Waals surface area (Å²) in [6.45, 7) is 2.03. The number of thiocarbonyl (C=S) groups is 1. The Morgan fingerprint density at radius 2 is 2.50 bits per heavy atom. The summed E-state index contributed by atoms with van der Waals surface area (Å²) < 4.78 is 10.5. The van der Waals surface area contributed by atoms with Crippen molar-refractivity contribution in [3.05, 3.63) is 24.2 Å². The van der Waals surface area contributed by atoms with E-state index in [-0.39, 0.29) is 12.6 Å². The van der Waals surface area contributed by atoms with Crippen LogP contribution in [0, 0.1) is 5.92 Å². The zero-order valence-corrected chi connectivity index (χ0v) is 10.9. The summed E-state index contributed by atoms with van der Waals surface area (Å²) in [6, 6.07) is 3.66. The second-order valence-corrected chi connectivity index (χ2v) is 4.73. The SMILES string of the molecule is OCC(NC(=S)NCc1ccco1)C1CCOC1. The zero-order valence-electron chi connectivity index (χ0n) is 10.1. The number of rotatable bonds is 5. The summed E-state index contributed by atoms with van der Waals surface area (Å²) in [5.41, 5.74) is 0. The molecule has 1 aliphatic rings. The van der Waals surface area contributed by atoms with Crippen LogP contribution in [0.15, 0.2) is 22.8 Å². The Labute approximate surface area is 112 Å². The Morgan fingerprint density at radius 1 is 1.61 bits per heavy atom. The van der Waals surface area contributed by atoms with Gasteiger partial charge in [-0.15, -0.1) is 0 Å². The van der Waals surface area contributed by atoms with E-state index >= 15 is 0 Å². The van der Waals surface area contributed by atoms with E-state index in [1.807, 2.05) is 12.1 Å². The van der Waals surface area contributed by atoms with Crippen LogP contribution < -0.4 is 10.6 Å². The summed E-state index contributed by atoms with van der Waals surface area (Å²) in [4.78, 5) is 0. The van der Waals surface area contributed by atoms with Crippen LogP contribution in [0.3, 0.4) is 0 Å². The molecule has 0 amide bonds. The predicted molar refractivity (Wildman–Crippen MR) is 71.1 cm³/mol. The fourth-order valence-electron chi connectivity index (χ4n) is 1.98. The van der Waals surface area contributed by atoms with Gasteiger partial charge in [0.1, 0.15) is 5.76 Å². The smallest absolute Gasteiger partial charge is 0.166 e. The molecular weight excluding hydrogens is 252 g/mol. The first-order chi connectivity index (χ1) is 8.79. The van der Waals surface area contributed by atoms with Gasteiger partial charge in [0.15, 0.2) is 5.11 Å². The minimum atomic E-state index is -0.0518. The summed E-state index contributed by atoms with van der Waals surface area (Å²) >= 11 is 5.19. The number of ether oxygens (including phenoxy) is 1. The molecule has 1 aromatic rings. The molecule has 1 saturated heterocycles. The van der Waals surface area contributed by atoms with Crippen molar-refractivity contribution in [3.8, 4) is 0 Å². The van der Waals surface area contributed by atoms with Gasteiger partial charge in [0.25, 0.3) is 0 Å². The van der Waals surface area contributed by atoms with Crippen molar-refractivity contribution in [2.45, 2.75) is 19.0 Å². The Kier molecular flexibility index (Phi) is 4.98. The van der Waals surface area contributed by atoms with Crippen LogP contribution in [0.25, 0.3) is 0 Å². The van der Waals surface area contributed by atoms with Gasteiger partial charge in [-0.25, -0.2) is 0 Å². The maximum atomic E-state index is 9.36. The molecule has 1 aliphatic heterocycles. The molecule has 0 aliphatic carbocycles.